The lowest BCUT2D eigenvalue weighted by molar-refractivity contribution is 0.852. The summed E-state index contributed by atoms with van der Waals surface area (Å²) in [4.78, 5) is 4.17. The highest BCUT2D eigenvalue weighted by Gasteiger charge is 1.95. The van der Waals surface area contributed by atoms with Crippen LogP contribution in [0.3, 0.4) is 0 Å². The van der Waals surface area contributed by atoms with E-state index in [4.69, 9.17) is 5.73 Å². The topological polar surface area (TPSA) is 50.4 Å². The van der Waals surface area contributed by atoms with Crippen molar-refractivity contribution in [3.63, 3.8) is 0 Å². The third-order valence-electron chi connectivity index (χ3n) is 2.67. The molecule has 19 heavy (non-hydrogen) atoms. The van der Waals surface area contributed by atoms with E-state index >= 15 is 0 Å². The molecule has 0 aromatic heterocycles. The van der Waals surface area contributed by atoms with Gasteiger partial charge in [-0.1, -0.05) is 43.3 Å². The second kappa shape index (κ2) is 9.83. The van der Waals surface area contributed by atoms with Crippen molar-refractivity contribution in [2.24, 2.45) is 10.7 Å². The number of halogens is 1. The van der Waals surface area contributed by atoms with Crippen molar-refractivity contribution in [1.82, 2.24) is 5.32 Å². The van der Waals surface area contributed by atoms with Crippen molar-refractivity contribution in [1.29, 1.82) is 0 Å². The van der Waals surface area contributed by atoms with Gasteiger partial charge in [0.05, 0.1) is 6.54 Å². The zero-order chi connectivity index (χ0) is 13.4. The molecule has 1 aromatic carbocycles. The van der Waals surface area contributed by atoms with Crippen molar-refractivity contribution in [3.8, 4) is 0 Å². The molecular formula is C15H24IN3. The van der Waals surface area contributed by atoms with Crippen LogP contribution in [0, 0.1) is 0 Å². The minimum atomic E-state index is 0. The van der Waals surface area contributed by atoms with Crippen molar-refractivity contribution >= 4 is 29.9 Å². The summed E-state index contributed by atoms with van der Waals surface area (Å²) in [6.07, 6.45) is 2.03. The second-order valence-electron chi connectivity index (χ2n) is 4.51. The zero-order valence-electron chi connectivity index (χ0n) is 11.8. The standard InChI is InChI=1S/C15H23N3.HI/c1-4-13-5-7-14(8-6-13)9-10-17-15(16)18-11-12(2)3;/h5-8H,2,4,9-11H2,1,3H3,(H3,16,17,18);1H. The molecule has 0 aliphatic rings. The van der Waals surface area contributed by atoms with Gasteiger partial charge in [-0.05, 0) is 30.9 Å². The maximum absolute atomic E-state index is 5.73. The number of guanidine groups is 1. The Balaban J connectivity index is 0.00000324. The number of nitrogens with two attached hydrogens (primary N) is 1. The van der Waals surface area contributed by atoms with Crippen LogP contribution in [-0.2, 0) is 12.8 Å². The van der Waals surface area contributed by atoms with E-state index in [1.807, 2.05) is 6.92 Å². The SMILES string of the molecule is C=C(C)CN=C(N)NCCc1ccc(CC)cc1.I. The summed E-state index contributed by atoms with van der Waals surface area (Å²) >= 11 is 0. The Morgan fingerprint density at radius 2 is 1.84 bits per heavy atom. The smallest absolute Gasteiger partial charge is 0.188 e. The van der Waals surface area contributed by atoms with Gasteiger partial charge >= 0.3 is 0 Å². The zero-order valence-corrected chi connectivity index (χ0v) is 14.1. The molecule has 1 aromatic rings. The molecule has 0 saturated carbocycles. The number of aryl methyl sites for hydroxylation is 1. The normalized spacial score (nSPS) is 10.7. The fourth-order valence-electron chi connectivity index (χ4n) is 1.55. The van der Waals surface area contributed by atoms with E-state index in [0.29, 0.717) is 12.5 Å². The molecule has 3 nitrogen and oxygen atoms in total. The van der Waals surface area contributed by atoms with Crippen LogP contribution < -0.4 is 11.1 Å². The Labute approximate surface area is 133 Å². The van der Waals surface area contributed by atoms with Gasteiger partial charge < -0.3 is 11.1 Å². The van der Waals surface area contributed by atoms with Gasteiger partial charge in [-0.3, -0.25) is 0 Å². The molecule has 106 valence electrons. The predicted octanol–water partition coefficient (Wildman–Crippen LogP) is 2.89. The molecule has 0 heterocycles. The average molecular weight is 373 g/mol. The van der Waals surface area contributed by atoms with Crippen molar-refractivity contribution < 1.29 is 0 Å². The summed E-state index contributed by atoms with van der Waals surface area (Å²) in [6.45, 7) is 9.27. The van der Waals surface area contributed by atoms with E-state index < -0.39 is 0 Å². The molecular weight excluding hydrogens is 349 g/mol. The first-order valence-electron chi connectivity index (χ1n) is 6.37. The van der Waals surface area contributed by atoms with Gasteiger partial charge in [0, 0.05) is 6.54 Å². The van der Waals surface area contributed by atoms with Crippen LogP contribution in [0.1, 0.15) is 25.0 Å². The second-order valence-corrected chi connectivity index (χ2v) is 4.51. The highest BCUT2D eigenvalue weighted by atomic mass is 127. The minimum Gasteiger partial charge on any atom is -0.370 e. The maximum atomic E-state index is 5.73. The van der Waals surface area contributed by atoms with Crippen LogP contribution in [0.4, 0.5) is 0 Å². The number of nitrogens with one attached hydrogen (secondary N) is 1. The van der Waals surface area contributed by atoms with Crippen molar-refractivity contribution in [2.75, 3.05) is 13.1 Å². The maximum Gasteiger partial charge on any atom is 0.188 e. The Kier molecular flexibility index (Phi) is 9.30. The van der Waals surface area contributed by atoms with E-state index in [1.54, 1.807) is 0 Å². The molecule has 3 N–H and O–H groups in total. The summed E-state index contributed by atoms with van der Waals surface area (Å²) < 4.78 is 0. The van der Waals surface area contributed by atoms with Gasteiger partial charge in [-0.15, -0.1) is 24.0 Å². The first kappa shape index (κ1) is 18.0. The molecule has 0 unspecified atom stereocenters. The third-order valence-corrected chi connectivity index (χ3v) is 2.67. The quantitative estimate of drug-likeness (QED) is 0.349. The molecule has 1 rings (SSSR count). The molecule has 0 fully saturated rings. The number of benzene rings is 1. The molecule has 0 spiro atoms. The molecule has 0 amide bonds. The van der Waals surface area contributed by atoms with E-state index in [1.165, 1.54) is 11.1 Å². The monoisotopic (exact) mass is 373 g/mol. The first-order valence-corrected chi connectivity index (χ1v) is 6.37. The Morgan fingerprint density at radius 3 is 2.37 bits per heavy atom. The summed E-state index contributed by atoms with van der Waals surface area (Å²) in [5.74, 6) is 0.489. The van der Waals surface area contributed by atoms with Gasteiger partial charge in [-0.2, -0.15) is 0 Å². The number of aliphatic imine (C=N–C) groups is 1. The van der Waals surface area contributed by atoms with Crippen LogP contribution >= 0.6 is 24.0 Å². The summed E-state index contributed by atoms with van der Waals surface area (Å²) in [6, 6.07) is 8.69. The predicted molar refractivity (Wildman–Crippen MR) is 94.2 cm³/mol. The number of nitrogens with zero attached hydrogens (tertiary/aromatic N) is 1. The highest BCUT2D eigenvalue weighted by Crippen LogP contribution is 2.05. The highest BCUT2D eigenvalue weighted by molar-refractivity contribution is 14.0. The molecule has 0 bridgehead atoms. The Bertz CT molecular complexity index is 410. The summed E-state index contributed by atoms with van der Waals surface area (Å²) in [5.41, 5.74) is 9.42. The molecule has 0 aliphatic heterocycles. The van der Waals surface area contributed by atoms with Crippen LogP contribution in [0.15, 0.2) is 41.4 Å². The summed E-state index contributed by atoms with van der Waals surface area (Å²) in [5, 5.41) is 3.10. The first-order chi connectivity index (χ1) is 8.61. The van der Waals surface area contributed by atoms with Gasteiger partial charge in [0.15, 0.2) is 5.96 Å². The minimum absolute atomic E-state index is 0. The van der Waals surface area contributed by atoms with E-state index in [2.05, 4.69) is 48.1 Å². The van der Waals surface area contributed by atoms with Crippen molar-refractivity contribution in [2.45, 2.75) is 26.7 Å². The molecule has 0 aliphatic carbocycles. The molecule has 0 atom stereocenters. The van der Waals surface area contributed by atoms with Crippen LogP contribution in [0.25, 0.3) is 0 Å². The lowest BCUT2D eigenvalue weighted by atomic mass is 10.1. The fourth-order valence-corrected chi connectivity index (χ4v) is 1.55. The molecule has 0 radical (unpaired) electrons. The van der Waals surface area contributed by atoms with Gasteiger partial charge in [0.1, 0.15) is 0 Å². The van der Waals surface area contributed by atoms with Crippen LogP contribution in [0.2, 0.25) is 0 Å². The molecule has 0 saturated heterocycles. The summed E-state index contributed by atoms with van der Waals surface area (Å²) in [7, 11) is 0. The molecule has 4 heteroatoms. The van der Waals surface area contributed by atoms with Crippen molar-refractivity contribution in [3.05, 3.63) is 47.5 Å². The van der Waals surface area contributed by atoms with E-state index in [9.17, 15) is 0 Å². The Morgan fingerprint density at radius 1 is 1.26 bits per heavy atom. The average Bonchev–Trinajstić information content (AvgIpc) is 2.37. The number of rotatable bonds is 6. The van der Waals surface area contributed by atoms with E-state index in [-0.39, 0.29) is 24.0 Å². The lowest BCUT2D eigenvalue weighted by Gasteiger charge is -2.06. The van der Waals surface area contributed by atoms with Crippen LogP contribution in [0.5, 0.6) is 0 Å². The van der Waals surface area contributed by atoms with Crippen LogP contribution in [-0.4, -0.2) is 19.0 Å². The Hall–Kier alpha value is -1.04. The lowest BCUT2D eigenvalue weighted by Crippen LogP contribution is -2.33. The third kappa shape index (κ3) is 7.87. The largest absolute Gasteiger partial charge is 0.370 e. The number of hydrogen-bond acceptors (Lipinski definition) is 1. The van der Waals surface area contributed by atoms with Gasteiger partial charge in [-0.25, -0.2) is 4.99 Å². The fraction of sp³-hybridized carbons (Fsp3) is 0.400. The number of hydrogen-bond donors (Lipinski definition) is 2. The van der Waals surface area contributed by atoms with Gasteiger partial charge in [0.2, 0.25) is 0 Å². The van der Waals surface area contributed by atoms with Gasteiger partial charge in [0.25, 0.3) is 0 Å². The van der Waals surface area contributed by atoms with E-state index in [0.717, 1.165) is 25.0 Å².